The molecular weight excluding hydrogens is 895 g/mol. The van der Waals surface area contributed by atoms with Gasteiger partial charge in [0.2, 0.25) is 5.91 Å². The maximum absolute atomic E-state index is 13.7. The first-order chi connectivity index (χ1) is 31.7. The molecule has 1 unspecified atom stereocenters. The number of aryl methyl sites for hydroxylation is 2. The van der Waals surface area contributed by atoms with Gasteiger partial charge in [0.25, 0.3) is 29.5 Å². The number of benzene rings is 1. The van der Waals surface area contributed by atoms with Crippen LogP contribution in [-0.4, -0.2) is 119 Å². The third kappa shape index (κ3) is 11.6. The van der Waals surface area contributed by atoms with Crippen molar-refractivity contribution in [3.05, 3.63) is 91.9 Å². The highest BCUT2D eigenvalue weighted by Crippen LogP contribution is 2.41. The second-order valence-electron chi connectivity index (χ2n) is 17.9. The molecule has 21 heteroatoms. The average Bonchev–Trinajstić information content (AvgIpc) is 4.10. The van der Waals surface area contributed by atoms with Crippen LogP contribution >= 0.6 is 22.7 Å². The number of hydrogen-bond acceptors (Lipinski definition) is 13. The first-order valence-corrected chi connectivity index (χ1v) is 23.7. The van der Waals surface area contributed by atoms with Crippen molar-refractivity contribution in [3.8, 4) is 0 Å². The lowest BCUT2D eigenvalue weighted by molar-refractivity contribution is -0.122. The largest absolute Gasteiger partial charge is 0.367 e. The molecule has 1 aliphatic rings. The zero-order chi connectivity index (χ0) is 48.9. The van der Waals surface area contributed by atoms with Crippen molar-refractivity contribution in [1.29, 1.82) is 0 Å². The first kappa shape index (κ1) is 50.0. The number of carbonyl (C=O) groups excluding carboxylic acids is 6. The van der Waals surface area contributed by atoms with Crippen LogP contribution in [0.3, 0.4) is 0 Å². The molecule has 0 spiro atoms. The summed E-state index contributed by atoms with van der Waals surface area (Å²) in [5, 5.41) is 18.2. The average molecular weight is 956 g/mol. The fourth-order valence-electron chi connectivity index (χ4n) is 7.68. The van der Waals surface area contributed by atoms with Crippen molar-refractivity contribution < 1.29 is 28.8 Å². The summed E-state index contributed by atoms with van der Waals surface area (Å²) in [6.45, 7) is 10.5. The summed E-state index contributed by atoms with van der Waals surface area (Å²) in [5.74, 6) is -2.70. The Kier molecular flexibility index (Phi) is 15.7. The molecule has 0 bridgehead atoms. The number of hydrogen-bond donors (Lipinski definition) is 7. The van der Waals surface area contributed by atoms with Crippen LogP contribution in [0.2, 0.25) is 0 Å². The molecule has 6 amide bonds. The molecule has 0 saturated heterocycles. The van der Waals surface area contributed by atoms with Gasteiger partial charge in [0, 0.05) is 72.6 Å². The van der Waals surface area contributed by atoms with E-state index in [4.69, 9.17) is 5.73 Å². The topological polar surface area (TPSA) is 243 Å². The van der Waals surface area contributed by atoms with Gasteiger partial charge in [0.05, 0.1) is 5.69 Å². The second kappa shape index (κ2) is 21.0. The standard InChI is InChI=1S/C46H61N13O6S2/c1-25(2)36-34(41(63)48-15-11-17-56(5)6)51-44(66-36)53-39(61)32-20-29(23-58(32)9)46(43(47)65)22-28-19-27(13-14-31(28)55-46)38(60)50-30-21-33(59(10)24-30)40(62)54-45-52-35(37(67-45)26(3)4)42(64)49-16-12-18-57(7)8/h13-14,19-21,23-26,55H,11-12,15-18,22H2,1-10H3,(H2,47,65)(H,48,63)(H,49,64)(H,50,60)(H,51,53,61)(H,52,54,62). The van der Waals surface area contributed by atoms with Gasteiger partial charge in [-0.1, -0.05) is 27.7 Å². The summed E-state index contributed by atoms with van der Waals surface area (Å²) in [4.78, 5) is 94.9. The number of nitrogens with one attached hydrogen (secondary N) is 6. The Morgan fingerprint density at radius 2 is 1.22 bits per heavy atom. The number of primary amides is 1. The van der Waals surface area contributed by atoms with Gasteiger partial charge in [-0.3, -0.25) is 39.4 Å². The molecule has 4 aromatic heterocycles. The Bertz CT molecular complexity index is 2680. The van der Waals surface area contributed by atoms with Gasteiger partial charge in [0.1, 0.15) is 28.3 Å². The van der Waals surface area contributed by atoms with Crippen molar-refractivity contribution in [3.63, 3.8) is 0 Å². The van der Waals surface area contributed by atoms with E-state index in [0.717, 1.165) is 35.7 Å². The van der Waals surface area contributed by atoms with Gasteiger partial charge in [0.15, 0.2) is 10.3 Å². The van der Waals surface area contributed by atoms with E-state index >= 15 is 0 Å². The molecule has 0 fully saturated rings. The third-order valence-electron chi connectivity index (χ3n) is 11.2. The molecule has 5 aromatic rings. The van der Waals surface area contributed by atoms with E-state index < -0.39 is 29.2 Å². The molecule has 0 saturated carbocycles. The minimum atomic E-state index is -1.44. The van der Waals surface area contributed by atoms with Crippen LogP contribution in [0.1, 0.15) is 126 Å². The Hall–Kier alpha value is -6.42. The van der Waals surface area contributed by atoms with Gasteiger partial charge >= 0.3 is 0 Å². The van der Waals surface area contributed by atoms with Gasteiger partial charge in [-0.15, -0.1) is 22.7 Å². The van der Waals surface area contributed by atoms with Crippen LogP contribution in [-0.2, 0) is 30.8 Å². The van der Waals surface area contributed by atoms with Crippen LogP contribution in [0.25, 0.3) is 0 Å². The van der Waals surface area contributed by atoms with E-state index in [2.05, 4.69) is 41.9 Å². The minimum absolute atomic E-state index is 0.00316. The maximum atomic E-state index is 13.7. The highest BCUT2D eigenvalue weighted by molar-refractivity contribution is 7.16. The predicted octanol–water partition coefficient (Wildman–Crippen LogP) is 4.99. The Balaban J connectivity index is 1.11. The van der Waals surface area contributed by atoms with E-state index in [1.165, 1.54) is 22.7 Å². The molecule has 358 valence electrons. The maximum Gasteiger partial charge on any atom is 0.274 e. The lowest BCUT2D eigenvalue weighted by Gasteiger charge is -2.25. The highest BCUT2D eigenvalue weighted by Gasteiger charge is 2.45. The molecule has 67 heavy (non-hydrogen) atoms. The van der Waals surface area contributed by atoms with E-state index in [0.29, 0.717) is 41.2 Å². The predicted molar refractivity (Wildman–Crippen MR) is 263 cm³/mol. The smallest absolute Gasteiger partial charge is 0.274 e. The Morgan fingerprint density at radius 3 is 1.72 bits per heavy atom. The zero-order valence-electron chi connectivity index (χ0n) is 39.7. The van der Waals surface area contributed by atoms with Crippen molar-refractivity contribution in [2.75, 3.05) is 75.6 Å². The van der Waals surface area contributed by atoms with Crippen molar-refractivity contribution in [2.45, 2.75) is 64.3 Å². The van der Waals surface area contributed by atoms with Crippen LogP contribution in [0.4, 0.5) is 21.6 Å². The lowest BCUT2D eigenvalue weighted by atomic mass is 9.87. The molecule has 19 nitrogen and oxygen atoms in total. The molecule has 1 aromatic carbocycles. The fraction of sp³-hybridized carbons (Fsp3) is 0.435. The van der Waals surface area contributed by atoms with Crippen LogP contribution in [0.5, 0.6) is 0 Å². The van der Waals surface area contributed by atoms with Crippen LogP contribution in [0.15, 0.2) is 42.7 Å². The number of amides is 6. The first-order valence-electron chi connectivity index (χ1n) is 22.0. The Labute approximate surface area is 398 Å². The van der Waals surface area contributed by atoms with Gasteiger partial charge in [-0.2, -0.15) is 0 Å². The molecule has 0 radical (unpaired) electrons. The normalized spacial score (nSPS) is 14.4. The summed E-state index contributed by atoms with van der Waals surface area (Å²) >= 11 is 2.48. The third-order valence-corrected chi connectivity index (χ3v) is 13.7. The zero-order valence-corrected chi connectivity index (χ0v) is 41.3. The molecule has 0 aliphatic carbocycles. The van der Waals surface area contributed by atoms with Crippen molar-refractivity contribution >= 4 is 79.8 Å². The number of aromatic nitrogens is 4. The molecule has 6 rings (SSSR count). The minimum Gasteiger partial charge on any atom is -0.367 e. The quantitative estimate of drug-likeness (QED) is 0.0513. The number of carbonyl (C=O) groups is 6. The Morgan fingerprint density at radius 1 is 0.716 bits per heavy atom. The van der Waals surface area contributed by atoms with E-state index in [1.807, 2.05) is 65.7 Å². The summed E-state index contributed by atoms with van der Waals surface area (Å²) in [5.41, 5.74) is 8.03. The van der Waals surface area contributed by atoms with Crippen molar-refractivity contribution in [1.82, 2.24) is 39.5 Å². The van der Waals surface area contributed by atoms with Gasteiger partial charge < -0.3 is 45.9 Å². The fourth-order valence-corrected chi connectivity index (χ4v) is 9.60. The number of rotatable bonds is 20. The number of thiazole rings is 2. The number of nitrogens with two attached hydrogens (primary N) is 1. The molecule has 1 atom stereocenters. The SMILES string of the molecule is CC(C)c1sc(NC(=O)c2cc(NC(=O)c3ccc4c(c3)CC(C(N)=O)(c3cc(C(=O)Nc5nc(C(=O)NCCCN(C)C)c(C(C)C)s5)n(C)c3)N4)cn2C)nc1C(=O)NCCCN(C)C. The summed E-state index contributed by atoms with van der Waals surface area (Å²) in [6.07, 6.45) is 4.92. The number of fused-ring (bicyclic) bond motifs is 1. The van der Waals surface area contributed by atoms with E-state index in [1.54, 1.807) is 66.0 Å². The monoisotopic (exact) mass is 955 g/mol. The van der Waals surface area contributed by atoms with Crippen molar-refractivity contribution in [2.24, 2.45) is 19.8 Å². The number of nitrogens with zero attached hydrogens (tertiary/aromatic N) is 6. The van der Waals surface area contributed by atoms with Gasteiger partial charge in [-0.05, 0) is 102 Å². The molecule has 1 aliphatic heterocycles. The highest BCUT2D eigenvalue weighted by atomic mass is 32.1. The lowest BCUT2D eigenvalue weighted by Crippen LogP contribution is -2.46. The van der Waals surface area contributed by atoms with Crippen LogP contribution < -0.4 is 37.6 Å². The summed E-state index contributed by atoms with van der Waals surface area (Å²) < 4.78 is 3.17. The van der Waals surface area contributed by atoms with E-state index in [9.17, 15) is 28.8 Å². The van der Waals surface area contributed by atoms with Crippen LogP contribution in [0, 0.1) is 0 Å². The molecule has 8 N–H and O–H groups in total. The molecule has 5 heterocycles. The molecular formula is C46H61N13O6S2. The second-order valence-corrected chi connectivity index (χ2v) is 19.9. The van der Waals surface area contributed by atoms with Gasteiger partial charge in [-0.25, -0.2) is 9.97 Å². The summed E-state index contributed by atoms with van der Waals surface area (Å²) in [6, 6.07) is 8.11. The summed E-state index contributed by atoms with van der Waals surface area (Å²) in [7, 11) is 11.2. The number of anilines is 4. The van der Waals surface area contributed by atoms with E-state index in [-0.39, 0.29) is 63.1 Å².